The molecule has 0 fully saturated rings. The molecule has 1 atom stereocenters. The molecule has 0 aliphatic rings. The zero-order valence-corrected chi connectivity index (χ0v) is 19.8. The number of hydrogen-bond donors (Lipinski definition) is 2. The van der Waals surface area contributed by atoms with Crippen LogP contribution in [0, 0.1) is 0 Å². The van der Waals surface area contributed by atoms with E-state index in [0.29, 0.717) is 25.1 Å². The molecule has 0 aliphatic heterocycles. The van der Waals surface area contributed by atoms with Crippen molar-refractivity contribution >= 4 is 77.0 Å². The molecule has 0 bridgehead atoms. The van der Waals surface area contributed by atoms with Crippen molar-refractivity contribution < 1.29 is 13.2 Å². The molecular formula is C18H15BrClN3O3S3. The summed E-state index contributed by atoms with van der Waals surface area (Å²) in [6, 6.07) is 8.78. The summed E-state index contributed by atoms with van der Waals surface area (Å²) in [4.78, 5) is 16.0. The topological polar surface area (TPSA) is 88.2 Å². The van der Waals surface area contributed by atoms with Crippen LogP contribution in [-0.4, -0.2) is 19.3 Å². The van der Waals surface area contributed by atoms with Crippen LogP contribution in [0.5, 0.6) is 0 Å². The van der Waals surface area contributed by atoms with E-state index < -0.39 is 15.3 Å². The van der Waals surface area contributed by atoms with Gasteiger partial charge in [-0.1, -0.05) is 29.8 Å². The second kappa shape index (κ2) is 8.97. The van der Waals surface area contributed by atoms with Gasteiger partial charge in [-0.05, 0) is 34.1 Å². The average Bonchev–Trinajstić information content (AvgIpc) is 3.22. The smallest absolute Gasteiger partial charge is 0.246 e. The Balaban J connectivity index is 1.79. The van der Waals surface area contributed by atoms with Crippen LogP contribution >= 0.6 is 50.2 Å². The predicted octanol–water partition coefficient (Wildman–Crippen LogP) is 5.91. The molecule has 6 nitrogen and oxygen atoms in total. The molecule has 2 aromatic heterocycles. The number of halogens is 2. The van der Waals surface area contributed by atoms with Crippen LogP contribution in [0.4, 0.5) is 10.8 Å². The van der Waals surface area contributed by atoms with Crippen LogP contribution in [-0.2, 0) is 14.8 Å². The molecule has 0 radical (unpaired) electrons. The largest absolute Gasteiger partial charge is 0.326 e. The first-order valence-electron chi connectivity index (χ1n) is 8.12. The standard InChI is InChI=1S/C18H15BrClN3O3S3/c1-3-16(15-8-13(19)17(20)28-15)29(25,26)23-18-22-14(9-27-18)11-4-6-12(7-5-11)21-10(2)24/h3-9,16H,1H2,2H3,(H,21,24)(H,22,23). The van der Waals surface area contributed by atoms with Crippen molar-refractivity contribution in [3.05, 3.63) is 62.1 Å². The van der Waals surface area contributed by atoms with Gasteiger partial charge in [-0.15, -0.1) is 29.3 Å². The maximum Gasteiger partial charge on any atom is 0.246 e. The Labute approximate surface area is 189 Å². The Morgan fingerprint density at radius 3 is 2.59 bits per heavy atom. The number of hydrogen-bond acceptors (Lipinski definition) is 6. The van der Waals surface area contributed by atoms with Crippen LogP contribution < -0.4 is 10.0 Å². The molecule has 152 valence electrons. The molecular weight excluding hydrogens is 518 g/mol. The van der Waals surface area contributed by atoms with Gasteiger partial charge in [-0.25, -0.2) is 13.4 Å². The zero-order valence-electron chi connectivity index (χ0n) is 15.0. The van der Waals surface area contributed by atoms with Crippen LogP contribution in [0.3, 0.4) is 0 Å². The summed E-state index contributed by atoms with van der Waals surface area (Å²) in [5.41, 5.74) is 2.10. The van der Waals surface area contributed by atoms with Gasteiger partial charge >= 0.3 is 0 Å². The molecule has 2 heterocycles. The summed E-state index contributed by atoms with van der Waals surface area (Å²) in [5.74, 6) is -0.154. The van der Waals surface area contributed by atoms with E-state index in [1.165, 1.54) is 35.7 Å². The van der Waals surface area contributed by atoms with Crippen LogP contribution in [0.15, 0.2) is 52.8 Å². The predicted molar refractivity (Wildman–Crippen MR) is 124 cm³/mol. The van der Waals surface area contributed by atoms with Gasteiger partial charge in [0.25, 0.3) is 0 Å². The fraction of sp³-hybridized carbons (Fsp3) is 0.111. The number of amides is 1. The normalized spacial score (nSPS) is 12.4. The van der Waals surface area contributed by atoms with Crippen LogP contribution in [0.2, 0.25) is 4.34 Å². The van der Waals surface area contributed by atoms with Gasteiger partial charge in [0.1, 0.15) is 9.59 Å². The number of thiazole rings is 1. The van der Waals surface area contributed by atoms with Gasteiger partial charge in [0, 0.05) is 32.9 Å². The van der Waals surface area contributed by atoms with Crippen molar-refractivity contribution in [2.45, 2.75) is 12.2 Å². The van der Waals surface area contributed by atoms with E-state index in [1.807, 2.05) is 0 Å². The van der Waals surface area contributed by atoms with E-state index in [4.69, 9.17) is 11.6 Å². The van der Waals surface area contributed by atoms with Crippen molar-refractivity contribution in [1.29, 1.82) is 0 Å². The van der Waals surface area contributed by atoms with E-state index >= 15 is 0 Å². The van der Waals surface area contributed by atoms with Gasteiger partial charge in [0.05, 0.1) is 5.69 Å². The lowest BCUT2D eigenvalue weighted by atomic mass is 10.1. The van der Waals surface area contributed by atoms with E-state index in [2.05, 4.69) is 37.5 Å². The van der Waals surface area contributed by atoms with Crippen molar-refractivity contribution in [3.63, 3.8) is 0 Å². The molecule has 0 aliphatic carbocycles. The van der Waals surface area contributed by atoms with E-state index in [9.17, 15) is 13.2 Å². The molecule has 3 rings (SSSR count). The Morgan fingerprint density at radius 1 is 1.34 bits per heavy atom. The van der Waals surface area contributed by atoms with Gasteiger partial charge in [-0.2, -0.15) is 0 Å². The highest BCUT2D eigenvalue weighted by Crippen LogP contribution is 2.39. The van der Waals surface area contributed by atoms with Crippen LogP contribution in [0.25, 0.3) is 11.3 Å². The molecule has 0 saturated heterocycles. The van der Waals surface area contributed by atoms with Crippen LogP contribution in [0.1, 0.15) is 17.1 Å². The number of carbonyl (C=O) groups excluding carboxylic acids is 1. The van der Waals surface area contributed by atoms with E-state index in [0.717, 1.165) is 5.56 Å². The summed E-state index contributed by atoms with van der Waals surface area (Å²) >= 11 is 11.7. The van der Waals surface area contributed by atoms with Crippen molar-refractivity contribution in [2.75, 3.05) is 10.0 Å². The maximum absolute atomic E-state index is 12.8. The lowest BCUT2D eigenvalue weighted by molar-refractivity contribution is -0.114. The molecule has 3 aromatic rings. The Kier molecular flexibility index (Phi) is 6.79. The SMILES string of the molecule is C=CC(c1cc(Br)c(Cl)s1)S(=O)(=O)Nc1nc(-c2ccc(NC(C)=O)cc2)cs1. The van der Waals surface area contributed by atoms with E-state index in [1.54, 1.807) is 35.7 Å². The number of benzene rings is 1. The third kappa shape index (κ3) is 5.26. The molecule has 1 unspecified atom stereocenters. The zero-order chi connectivity index (χ0) is 21.2. The summed E-state index contributed by atoms with van der Waals surface area (Å²) in [7, 11) is -3.81. The lowest BCUT2D eigenvalue weighted by Crippen LogP contribution is -2.19. The molecule has 0 spiro atoms. The minimum Gasteiger partial charge on any atom is -0.326 e. The second-order valence-electron chi connectivity index (χ2n) is 5.87. The lowest BCUT2D eigenvalue weighted by Gasteiger charge is -2.12. The number of anilines is 2. The summed E-state index contributed by atoms with van der Waals surface area (Å²) < 4.78 is 29.3. The fourth-order valence-corrected chi connectivity index (χ4v) is 6.85. The van der Waals surface area contributed by atoms with Crippen molar-refractivity contribution in [3.8, 4) is 11.3 Å². The van der Waals surface area contributed by atoms with Gasteiger partial charge in [0.2, 0.25) is 15.9 Å². The number of thiophene rings is 1. The summed E-state index contributed by atoms with van der Waals surface area (Å²) in [5, 5.41) is 3.74. The molecule has 11 heteroatoms. The van der Waals surface area contributed by atoms with Crippen molar-refractivity contribution in [2.24, 2.45) is 0 Å². The third-order valence-electron chi connectivity index (χ3n) is 3.73. The monoisotopic (exact) mass is 531 g/mol. The summed E-state index contributed by atoms with van der Waals surface area (Å²) in [6.07, 6.45) is 1.35. The average molecular weight is 533 g/mol. The Bertz CT molecular complexity index is 1140. The highest BCUT2D eigenvalue weighted by atomic mass is 79.9. The molecule has 1 aromatic carbocycles. The third-order valence-corrected chi connectivity index (χ3v) is 8.91. The number of carbonyl (C=O) groups is 1. The first-order chi connectivity index (χ1) is 13.7. The quantitative estimate of drug-likeness (QED) is 0.370. The highest BCUT2D eigenvalue weighted by Gasteiger charge is 2.28. The van der Waals surface area contributed by atoms with E-state index in [-0.39, 0.29) is 11.0 Å². The number of rotatable bonds is 7. The van der Waals surface area contributed by atoms with Gasteiger partial charge in [-0.3, -0.25) is 9.52 Å². The molecule has 1 amide bonds. The molecule has 29 heavy (non-hydrogen) atoms. The molecule has 0 saturated carbocycles. The minimum atomic E-state index is -3.81. The first kappa shape index (κ1) is 22.0. The summed E-state index contributed by atoms with van der Waals surface area (Å²) in [6.45, 7) is 5.08. The Hall–Kier alpha value is -1.72. The first-order valence-corrected chi connectivity index (χ1v) is 12.5. The minimum absolute atomic E-state index is 0.154. The maximum atomic E-state index is 12.8. The van der Waals surface area contributed by atoms with Crippen molar-refractivity contribution in [1.82, 2.24) is 4.98 Å². The number of nitrogens with zero attached hydrogens (tertiary/aromatic N) is 1. The van der Waals surface area contributed by atoms with Gasteiger partial charge < -0.3 is 5.32 Å². The number of nitrogens with one attached hydrogen (secondary N) is 2. The highest BCUT2D eigenvalue weighted by molar-refractivity contribution is 9.10. The van der Waals surface area contributed by atoms with Gasteiger partial charge in [0.15, 0.2) is 5.13 Å². The fourth-order valence-electron chi connectivity index (χ4n) is 2.47. The molecule has 2 N–H and O–H groups in total. The number of aromatic nitrogens is 1. The Morgan fingerprint density at radius 2 is 2.03 bits per heavy atom. The second-order valence-corrected chi connectivity index (χ2v) is 11.1. The number of sulfonamides is 1.